The van der Waals surface area contributed by atoms with E-state index in [0.717, 1.165) is 19.4 Å². The number of hydrogen-bond acceptors (Lipinski definition) is 4. The molecule has 2 aromatic rings. The lowest BCUT2D eigenvalue weighted by Crippen LogP contribution is -2.02. The molecule has 2 heterocycles. The van der Waals surface area contributed by atoms with E-state index in [9.17, 15) is 4.79 Å². The first-order valence-electron chi connectivity index (χ1n) is 6.29. The molecule has 0 atom stereocenters. The minimum atomic E-state index is -0.217. The summed E-state index contributed by atoms with van der Waals surface area (Å²) in [4.78, 5) is 16.2. The molecule has 0 aliphatic carbocycles. The molecule has 3 nitrogen and oxygen atoms in total. The fourth-order valence-electron chi connectivity index (χ4n) is 1.28. The summed E-state index contributed by atoms with van der Waals surface area (Å²) < 4.78 is 6.69. The molecule has 0 saturated carbocycles. The normalized spacial score (nSPS) is 8.95. The largest absolute Gasteiger partial charge is 0.469 e. The molecule has 0 N–H and O–H groups in total. The van der Waals surface area contributed by atoms with E-state index in [2.05, 4.69) is 25.7 Å². The number of carbonyl (C=O) groups excluding carboxylic acids is 1. The third-order valence-electron chi connectivity index (χ3n) is 1.98. The van der Waals surface area contributed by atoms with E-state index < -0.39 is 0 Å². The summed E-state index contributed by atoms with van der Waals surface area (Å²) in [7, 11) is 1.40. The van der Waals surface area contributed by atoms with Crippen molar-refractivity contribution in [1.29, 1.82) is 0 Å². The van der Waals surface area contributed by atoms with Gasteiger partial charge in [-0.15, -0.1) is 11.3 Å². The van der Waals surface area contributed by atoms with Gasteiger partial charge in [-0.2, -0.15) is 0 Å². The molecule has 0 aliphatic heterocycles. The molecule has 0 saturated heterocycles. The number of aromatic nitrogens is 1. The van der Waals surface area contributed by atoms with Crippen molar-refractivity contribution in [1.82, 2.24) is 4.98 Å². The Morgan fingerprint density at radius 3 is 2.47 bits per heavy atom. The molecular formula is C14H20BrNO2S. The predicted octanol–water partition coefficient (Wildman–Crippen LogP) is 4.83. The topological polar surface area (TPSA) is 39.2 Å². The van der Waals surface area contributed by atoms with Crippen LogP contribution in [0.3, 0.4) is 0 Å². The number of halogens is 1. The maximum absolute atomic E-state index is 11.1. The van der Waals surface area contributed by atoms with Crippen LogP contribution in [0.1, 0.15) is 32.6 Å². The van der Waals surface area contributed by atoms with Gasteiger partial charge in [0.2, 0.25) is 0 Å². The summed E-state index contributed by atoms with van der Waals surface area (Å²) in [5, 5.41) is 1.05. The fraction of sp³-hybridized carbons (Fsp3) is 0.429. The van der Waals surface area contributed by atoms with Crippen LogP contribution in [-0.4, -0.2) is 18.1 Å². The van der Waals surface area contributed by atoms with Crippen LogP contribution < -0.4 is 0 Å². The second-order valence-electron chi connectivity index (χ2n) is 3.01. The second-order valence-corrected chi connectivity index (χ2v) is 5.00. The highest BCUT2D eigenvalue weighted by atomic mass is 79.9. The smallest absolute Gasteiger partial charge is 0.310 e. The van der Waals surface area contributed by atoms with Crippen molar-refractivity contribution >= 4 is 43.3 Å². The average Bonchev–Trinajstić information content (AvgIpc) is 2.87. The molecule has 5 heteroatoms. The Balaban J connectivity index is 0.000000741. The van der Waals surface area contributed by atoms with Crippen LogP contribution in [0.4, 0.5) is 0 Å². The zero-order valence-electron chi connectivity index (χ0n) is 12.0. The molecule has 2 rings (SSSR count). The lowest BCUT2D eigenvalue weighted by molar-refractivity contribution is -0.139. The Morgan fingerprint density at radius 1 is 1.32 bits per heavy atom. The highest BCUT2D eigenvalue weighted by Crippen LogP contribution is 2.31. The molecule has 19 heavy (non-hydrogen) atoms. The van der Waals surface area contributed by atoms with E-state index in [-0.39, 0.29) is 5.97 Å². The predicted molar refractivity (Wildman–Crippen MR) is 85.7 cm³/mol. The van der Waals surface area contributed by atoms with Gasteiger partial charge >= 0.3 is 5.97 Å². The van der Waals surface area contributed by atoms with Crippen molar-refractivity contribution < 1.29 is 9.53 Å². The molecule has 0 bridgehead atoms. The second kappa shape index (κ2) is 9.92. The maximum Gasteiger partial charge on any atom is 0.310 e. The molecule has 0 radical (unpaired) electrons. The summed E-state index contributed by atoms with van der Waals surface area (Å²) in [6.07, 6.45) is 3.86. The number of thiophene rings is 1. The number of hydrogen-bond donors (Lipinski definition) is 0. The van der Waals surface area contributed by atoms with Crippen molar-refractivity contribution in [2.24, 2.45) is 0 Å². The number of methoxy groups -OCH3 is 1. The zero-order valence-corrected chi connectivity index (χ0v) is 14.4. The third kappa shape index (κ3) is 5.28. The van der Waals surface area contributed by atoms with E-state index in [1.807, 2.05) is 33.8 Å². The molecule has 0 unspecified atom stereocenters. The van der Waals surface area contributed by atoms with Crippen LogP contribution in [0.25, 0.3) is 10.1 Å². The molecule has 0 aromatic carbocycles. The average molecular weight is 346 g/mol. The maximum atomic E-state index is 11.1. The number of rotatable bonds is 2. The summed E-state index contributed by atoms with van der Waals surface area (Å²) in [6.45, 7) is 8.00. The Labute approximate surface area is 127 Å². The van der Waals surface area contributed by atoms with E-state index in [4.69, 9.17) is 0 Å². The lowest BCUT2D eigenvalue weighted by atomic mass is 10.3. The monoisotopic (exact) mass is 345 g/mol. The summed E-state index contributed by atoms with van der Waals surface area (Å²) in [5.41, 5.74) is 0. The van der Waals surface area contributed by atoms with Gasteiger partial charge in [0.1, 0.15) is 0 Å². The van der Waals surface area contributed by atoms with Gasteiger partial charge in [-0.05, 0) is 22.0 Å². The fourth-order valence-corrected chi connectivity index (χ4v) is 2.89. The van der Waals surface area contributed by atoms with Gasteiger partial charge in [-0.25, -0.2) is 0 Å². The van der Waals surface area contributed by atoms with E-state index >= 15 is 0 Å². The Hall–Kier alpha value is -0.940. The van der Waals surface area contributed by atoms with Gasteiger partial charge in [0.25, 0.3) is 0 Å². The van der Waals surface area contributed by atoms with Crippen molar-refractivity contribution in [2.45, 2.75) is 34.1 Å². The molecule has 0 spiro atoms. The highest BCUT2D eigenvalue weighted by molar-refractivity contribution is 9.10. The summed E-state index contributed by atoms with van der Waals surface area (Å²) >= 11 is 5.01. The number of nitrogens with zero attached hydrogens (tertiary/aromatic N) is 1. The molecule has 0 aliphatic rings. The summed E-state index contributed by atoms with van der Waals surface area (Å²) in [6, 6.07) is 1.97. The van der Waals surface area contributed by atoms with Crippen LogP contribution >= 0.6 is 27.3 Å². The first-order valence-corrected chi connectivity index (χ1v) is 7.90. The van der Waals surface area contributed by atoms with E-state index in [1.54, 1.807) is 23.7 Å². The SMILES string of the molecule is CC.CC.COC(=O)Cc1cc2cncc(Br)c2s1. The zero-order chi connectivity index (χ0) is 14.8. The van der Waals surface area contributed by atoms with Gasteiger partial charge in [-0.3, -0.25) is 9.78 Å². The molecule has 106 valence electrons. The third-order valence-corrected chi connectivity index (χ3v) is 4.02. The van der Waals surface area contributed by atoms with Gasteiger partial charge in [0.15, 0.2) is 0 Å². The highest BCUT2D eigenvalue weighted by Gasteiger charge is 2.08. The standard InChI is InChI=1S/C10H8BrNO2S.2C2H6/c1-14-9(13)3-7-2-6-4-12-5-8(11)10(6)15-7;2*1-2/h2,4-5H,3H2,1H3;2*1-2H3. The molecule has 2 aromatic heterocycles. The Bertz CT molecular complexity index is 511. The van der Waals surface area contributed by atoms with Gasteiger partial charge in [0.05, 0.1) is 22.7 Å². The van der Waals surface area contributed by atoms with E-state index in [0.29, 0.717) is 6.42 Å². The van der Waals surface area contributed by atoms with Crippen molar-refractivity contribution in [2.75, 3.05) is 7.11 Å². The minimum absolute atomic E-state index is 0.217. The molecule has 0 amide bonds. The number of fused-ring (bicyclic) bond motifs is 1. The lowest BCUT2D eigenvalue weighted by Gasteiger charge is -1.93. The first kappa shape index (κ1) is 18.1. The number of ether oxygens (including phenoxy) is 1. The van der Waals surface area contributed by atoms with Crippen molar-refractivity contribution in [3.63, 3.8) is 0 Å². The summed E-state index contributed by atoms with van der Waals surface area (Å²) in [5.74, 6) is -0.217. The van der Waals surface area contributed by atoms with Crippen molar-refractivity contribution in [3.05, 3.63) is 27.8 Å². The number of carbonyl (C=O) groups is 1. The van der Waals surface area contributed by atoms with Gasteiger partial charge in [0, 0.05) is 22.7 Å². The minimum Gasteiger partial charge on any atom is -0.469 e. The Morgan fingerprint density at radius 2 is 1.95 bits per heavy atom. The van der Waals surface area contributed by atoms with Crippen LogP contribution in [0.15, 0.2) is 22.9 Å². The first-order chi connectivity index (χ1) is 9.20. The Kier molecular flexibility index (Phi) is 9.43. The molecular weight excluding hydrogens is 326 g/mol. The van der Waals surface area contributed by atoms with Crippen LogP contribution in [0.2, 0.25) is 0 Å². The molecule has 0 fully saturated rings. The van der Waals surface area contributed by atoms with Gasteiger partial charge in [-0.1, -0.05) is 27.7 Å². The van der Waals surface area contributed by atoms with Crippen LogP contribution in [0.5, 0.6) is 0 Å². The van der Waals surface area contributed by atoms with Crippen molar-refractivity contribution in [3.8, 4) is 0 Å². The number of esters is 1. The quantitative estimate of drug-likeness (QED) is 0.732. The number of pyridine rings is 1. The van der Waals surface area contributed by atoms with Crippen LogP contribution in [0, 0.1) is 0 Å². The van der Waals surface area contributed by atoms with E-state index in [1.165, 1.54) is 7.11 Å². The van der Waals surface area contributed by atoms with Gasteiger partial charge < -0.3 is 4.74 Å². The van der Waals surface area contributed by atoms with Crippen LogP contribution in [-0.2, 0) is 16.0 Å².